The van der Waals surface area contributed by atoms with E-state index >= 15 is 0 Å². The molecule has 0 aliphatic carbocycles. The molecular weight excluding hydrogens is 411 g/mol. The second-order valence-electron chi connectivity index (χ2n) is 8.86. The molecule has 0 unspecified atom stereocenters. The monoisotopic (exact) mass is 440 g/mol. The maximum absolute atomic E-state index is 14.6. The first kappa shape index (κ1) is 21.1. The fraction of sp³-hybridized carbons (Fsp3) is 0.565. The molecule has 3 aromatic rings. The molecule has 2 saturated heterocycles. The van der Waals surface area contributed by atoms with Gasteiger partial charge in [0, 0.05) is 37.4 Å². The van der Waals surface area contributed by atoms with E-state index in [1.54, 1.807) is 13.0 Å². The number of aryl methyl sites for hydroxylation is 1. The minimum Gasteiger partial charge on any atom is -0.339 e. The van der Waals surface area contributed by atoms with Crippen LogP contribution in [0.25, 0.3) is 16.9 Å². The van der Waals surface area contributed by atoms with Crippen LogP contribution in [-0.2, 0) is 11.2 Å². The Balaban J connectivity index is 1.28. The topological polar surface area (TPSA) is 80.3 Å². The molecule has 9 heteroatoms. The number of rotatable bonds is 5. The smallest absolute Gasteiger partial charge is 0.291 e. The van der Waals surface area contributed by atoms with Gasteiger partial charge in [-0.1, -0.05) is 19.1 Å². The van der Waals surface area contributed by atoms with Gasteiger partial charge < -0.3 is 14.3 Å². The van der Waals surface area contributed by atoms with Crippen molar-refractivity contribution in [2.45, 2.75) is 57.9 Å². The summed E-state index contributed by atoms with van der Waals surface area (Å²) in [6.07, 6.45) is 4.71. The van der Waals surface area contributed by atoms with Crippen LogP contribution in [0, 0.1) is 5.82 Å². The van der Waals surface area contributed by atoms with E-state index in [0.29, 0.717) is 23.9 Å². The lowest BCUT2D eigenvalue weighted by molar-refractivity contribution is -0.130. The van der Waals surface area contributed by atoms with Crippen LogP contribution in [0.2, 0.25) is 0 Å². The van der Waals surface area contributed by atoms with Crippen LogP contribution >= 0.6 is 0 Å². The van der Waals surface area contributed by atoms with Gasteiger partial charge in [-0.15, -0.1) is 0 Å². The number of piperidine rings is 1. The zero-order valence-electron chi connectivity index (χ0n) is 18.6. The minimum absolute atomic E-state index is 0.176. The molecule has 0 saturated carbocycles. The molecule has 1 aromatic carbocycles. The van der Waals surface area contributed by atoms with Crippen molar-refractivity contribution in [3.8, 4) is 5.95 Å². The van der Waals surface area contributed by atoms with Gasteiger partial charge in [0.05, 0.1) is 5.69 Å². The zero-order valence-corrected chi connectivity index (χ0v) is 18.6. The Kier molecular flexibility index (Phi) is 5.67. The largest absolute Gasteiger partial charge is 0.339 e. The van der Waals surface area contributed by atoms with E-state index < -0.39 is 0 Å². The van der Waals surface area contributed by atoms with Gasteiger partial charge in [-0.05, 0) is 56.4 Å². The molecule has 0 radical (unpaired) electrons. The third-order valence-electron chi connectivity index (χ3n) is 6.87. The molecule has 0 spiro atoms. The minimum atomic E-state index is -0.346. The van der Waals surface area contributed by atoms with E-state index in [-0.39, 0.29) is 23.6 Å². The summed E-state index contributed by atoms with van der Waals surface area (Å²) in [4.78, 5) is 20.9. The maximum atomic E-state index is 14.6. The lowest BCUT2D eigenvalue weighted by Crippen LogP contribution is -2.44. The van der Waals surface area contributed by atoms with Gasteiger partial charge in [0.1, 0.15) is 11.3 Å². The standard InChI is InChI=1S/C23H29FN6O2/c1-3-20-18-7-4-8-19(24)21(18)30(26-20)23-25-22(32-27-23)16-9-12-28(13-10-16)14-17-6-5-11-29(17)15(2)31/h4,7-8,16-17H,3,5-6,9-14H2,1-2H3/t17-/m1/s1. The van der Waals surface area contributed by atoms with Crippen LogP contribution in [0.1, 0.15) is 57.0 Å². The van der Waals surface area contributed by atoms with E-state index in [0.717, 1.165) is 62.9 Å². The molecule has 5 rings (SSSR count). The van der Waals surface area contributed by atoms with Crippen LogP contribution in [0.5, 0.6) is 0 Å². The molecule has 0 bridgehead atoms. The third kappa shape index (κ3) is 3.79. The summed E-state index contributed by atoms with van der Waals surface area (Å²) in [5, 5.41) is 9.44. The van der Waals surface area contributed by atoms with Gasteiger partial charge in [0.25, 0.3) is 5.95 Å². The first-order chi connectivity index (χ1) is 15.5. The predicted octanol–water partition coefficient (Wildman–Crippen LogP) is 3.30. The van der Waals surface area contributed by atoms with E-state index in [1.165, 1.54) is 10.7 Å². The van der Waals surface area contributed by atoms with Gasteiger partial charge in [-0.25, -0.2) is 4.39 Å². The molecule has 170 valence electrons. The van der Waals surface area contributed by atoms with Gasteiger partial charge in [-0.3, -0.25) is 4.79 Å². The number of fused-ring (bicyclic) bond motifs is 1. The number of benzene rings is 1. The summed E-state index contributed by atoms with van der Waals surface area (Å²) < 4.78 is 21.6. The van der Waals surface area contributed by atoms with Crippen molar-refractivity contribution >= 4 is 16.8 Å². The summed E-state index contributed by atoms with van der Waals surface area (Å²) in [5.41, 5.74) is 1.20. The summed E-state index contributed by atoms with van der Waals surface area (Å²) in [5.74, 6) is 0.872. The molecule has 1 amide bonds. The van der Waals surface area contributed by atoms with Gasteiger partial charge in [-0.2, -0.15) is 14.8 Å². The van der Waals surface area contributed by atoms with Gasteiger partial charge >= 0.3 is 0 Å². The third-order valence-corrected chi connectivity index (χ3v) is 6.87. The van der Waals surface area contributed by atoms with E-state index in [2.05, 4.69) is 20.1 Å². The van der Waals surface area contributed by atoms with Crippen molar-refractivity contribution in [2.24, 2.45) is 0 Å². The SMILES string of the molecule is CCc1nn(-c2noc(C3CCN(C[C@H]4CCCN4C(C)=O)CC3)n2)c2c(F)cccc12. The van der Waals surface area contributed by atoms with Crippen molar-refractivity contribution in [3.05, 3.63) is 35.6 Å². The maximum Gasteiger partial charge on any atom is 0.291 e. The number of halogens is 1. The van der Waals surface area contributed by atoms with Crippen molar-refractivity contribution in [2.75, 3.05) is 26.2 Å². The molecule has 32 heavy (non-hydrogen) atoms. The lowest BCUT2D eigenvalue weighted by atomic mass is 9.96. The van der Waals surface area contributed by atoms with Crippen LogP contribution in [0.3, 0.4) is 0 Å². The number of nitrogens with zero attached hydrogens (tertiary/aromatic N) is 6. The Hall–Kier alpha value is -2.81. The predicted molar refractivity (Wildman–Crippen MR) is 117 cm³/mol. The molecule has 4 heterocycles. The van der Waals surface area contributed by atoms with Gasteiger partial charge in [0.2, 0.25) is 11.8 Å². The summed E-state index contributed by atoms with van der Waals surface area (Å²) in [7, 11) is 0. The zero-order chi connectivity index (χ0) is 22.2. The summed E-state index contributed by atoms with van der Waals surface area (Å²) in [6, 6.07) is 5.32. The quantitative estimate of drug-likeness (QED) is 0.606. The second-order valence-corrected chi connectivity index (χ2v) is 8.86. The lowest BCUT2D eigenvalue weighted by Gasteiger charge is -2.34. The number of carbonyl (C=O) groups excluding carboxylic acids is 1. The average molecular weight is 441 g/mol. The Morgan fingerprint density at radius 3 is 2.78 bits per heavy atom. The first-order valence-electron chi connectivity index (χ1n) is 11.5. The number of para-hydroxylation sites is 1. The number of hydrogen-bond acceptors (Lipinski definition) is 6. The second kappa shape index (κ2) is 8.61. The van der Waals surface area contributed by atoms with Crippen LogP contribution in [0.15, 0.2) is 22.7 Å². The first-order valence-corrected chi connectivity index (χ1v) is 11.5. The van der Waals surface area contributed by atoms with E-state index in [4.69, 9.17) is 4.52 Å². The Bertz CT molecular complexity index is 1120. The molecular formula is C23H29FN6O2. The van der Waals surface area contributed by atoms with Crippen molar-refractivity contribution in [1.29, 1.82) is 0 Å². The number of aromatic nitrogens is 4. The van der Waals surface area contributed by atoms with Crippen LogP contribution in [0.4, 0.5) is 4.39 Å². The van der Waals surface area contributed by atoms with Crippen molar-refractivity contribution in [3.63, 3.8) is 0 Å². The average Bonchev–Trinajstić information content (AvgIpc) is 3.53. The number of carbonyl (C=O) groups is 1. The highest BCUT2D eigenvalue weighted by Gasteiger charge is 2.31. The van der Waals surface area contributed by atoms with Crippen molar-refractivity contribution < 1.29 is 13.7 Å². The fourth-order valence-electron chi connectivity index (χ4n) is 5.17. The fourth-order valence-corrected chi connectivity index (χ4v) is 5.17. The summed E-state index contributed by atoms with van der Waals surface area (Å²) in [6.45, 7) is 7.33. The number of amides is 1. The normalized spacial score (nSPS) is 20.5. The molecule has 2 aliphatic heterocycles. The Labute approximate surface area is 186 Å². The Morgan fingerprint density at radius 1 is 1.22 bits per heavy atom. The molecule has 2 aromatic heterocycles. The number of likely N-dealkylation sites (tertiary alicyclic amines) is 2. The van der Waals surface area contributed by atoms with Crippen molar-refractivity contribution in [1.82, 2.24) is 29.7 Å². The molecule has 1 atom stereocenters. The highest BCUT2D eigenvalue weighted by atomic mass is 19.1. The molecule has 0 N–H and O–H groups in total. The molecule has 2 aliphatic rings. The highest BCUT2D eigenvalue weighted by Crippen LogP contribution is 2.30. The van der Waals surface area contributed by atoms with E-state index in [9.17, 15) is 9.18 Å². The highest BCUT2D eigenvalue weighted by molar-refractivity contribution is 5.83. The van der Waals surface area contributed by atoms with E-state index in [1.807, 2.05) is 17.9 Å². The summed E-state index contributed by atoms with van der Waals surface area (Å²) >= 11 is 0. The molecule has 2 fully saturated rings. The molecule has 8 nitrogen and oxygen atoms in total. The Morgan fingerprint density at radius 2 is 2.03 bits per heavy atom. The van der Waals surface area contributed by atoms with Crippen LogP contribution < -0.4 is 0 Å². The van der Waals surface area contributed by atoms with Gasteiger partial charge in [0.15, 0.2) is 0 Å². The number of hydrogen-bond donors (Lipinski definition) is 0. The van der Waals surface area contributed by atoms with Crippen LogP contribution in [-0.4, -0.2) is 67.8 Å².